The maximum atomic E-state index is 5.89. The first-order chi connectivity index (χ1) is 7.78. The molecule has 16 heavy (non-hydrogen) atoms. The Hall–Kier alpha value is -0.450. The Balaban J connectivity index is 1.74. The van der Waals surface area contributed by atoms with Crippen molar-refractivity contribution in [2.75, 3.05) is 0 Å². The number of rotatable bonds is 4. The third-order valence-corrected chi connectivity index (χ3v) is 4.29. The van der Waals surface area contributed by atoms with Gasteiger partial charge in [0.1, 0.15) is 0 Å². The molecule has 0 unspecified atom stereocenters. The average molecular weight is 239 g/mol. The third kappa shape index (κ3) is 3.27. The average Bonchev–Trinajstić information content (AvgIpc) is 2.76. The van der Waals surface area contributed by atoms with Crippen LogP contribution in [0.5, 0.6) is 0 Å². The highest BCUT2D eigenvalue weighted by Gasteiger charge is 2.17. The molecule has 90 valence electrons. The van der Waals surface area contributed by atoms with E-state index in [1.807, 2.05) is 0 Å². The molecule has 1 heterocycles. The van der Waals surface area contributed by atoms with E-state index in [1.54, 1.807) is 11.3 Å². The number of aryl methyl sites for hydroxylation is 1. The van der Waals surface area contributed by atoms with Gasteiger partial charge < -0.3 is 11.1 Å². The van der Waals surface area contributed by atoms with Crippen LogP contribution < -0.4 is 11.1 Å². The Morgan fingerprint density at radius 2 is 2.19 bits per heavy atom. The van der Waals surface area contributed by atoms with Crippen molar-refractivity contribution < 1.29 is 0 Å². The first-order valence-corrected chi connectivity index (χ1v) is 7.08. The van der Waals surface area contributed by atoms with E-state index in [0.29, 0.717) is 12.1 Å². The van der Waals surface area contributed by atoms with Gasteiger partial charge in [-0.25, -0.2) is 4.98 Å². The van der Waals surface area contributed by atoms with Crippen LogP contribution >= 0.6 is 11.3 Å². The van der Waals surface area contributed by atoms with Gasteiger partial charge in [-0.1, -0.05) is 6.92 Å². The van der Waals surface area contributed by atoms with Crippen LogP contribution in [0.1, 0.15) is 43.3 Å². The number of hydrogen-bond acceptors (Lipinski definition) is 4. The number of thiazole rings is 1. The van der Waals surface area contributed by atoms with E-state index < -0.39 is 0 Å². The molecule has 0 aromatic carbocycles. The molecule has 1 fully saturated rings. The minimum atomic E-state index is 0.434. The molecule has 1 aliphatic carbocycles. The van der Waals surface area contributed by atoms with E-state index in [2.05, 4.69) is 22.6 Å². The fourth-order valence-electron chi connectivity index (χ4n) is 2.16. The Morgan fingerprint density at radius 3 is 2.81 bits per heavy atom. The van der Waals surface area contributed by atoms with Crippen molar-refractivity contribution in [2.45, 2.75) is 57.7 Å². The van der Waals surface area contributed by atoms with Crippen molar-refractivity contribution in [2.24, 2.45) is 5.73 Å². The van der Waals surface area contributed by atoms with Gasteiger partial charge in [-0.15, -0.1) is 11.3 Å². The van der Waals surface area contributed by atoms with E-state index in [4.69, 9.17) is 5.73 Å². The lowest BCUT2D eigenvalue weighted by Gasteiger charge is -2.26. The summed E-state index contributed by atoms with van der Waals surface area (Å²) in [5.74, 6) is 0. The van der Waals surface area contributed by atoms with Crippen LogP contribution in [0.4, 0.5) is 0 Å². The van der Waals surface area contributed by atoms with Crippen molar-refractivity contribution >= 4 is 11.3 Å². The van der Waals surface area contributed by atoms with Crippen LogP contribution in [-0.2, 0) is 13.0 Å². The van der Waals surface area contributed by atoms with Gasteiger partial charge in [0, 0.05) is 24.0 Å². The van der Waals surface area contributed by atoms with E-state index in [1.165, 1.54) is 23.5 Å². The van der Waals surface area contributed by atoms with E-state index >= 15 is 0 Å². The summed E-state index contributed by atoms with van der Waals surface area (Å²) in [5.41, 5.74) is 7.08. The summed E-state index contributed by atoms with van der Waals surface area (Å²) in [6.45, 7) is 3.06. The highest BCUT2D eigenvalue weighted by Crippen LogP contribution is 2.17. The maximum absolute atomic E-state index is 5.89. The number of nitrogens with zero attached hydrogens (tertiary/aromatic N) is 1. The summed E-state index contributed by atoms with van der Waals surface area (Å²) in [4.78, 5) is 4.56. The first-order valence-electron chi connectivity index (χ1n) is 6.20. The van der Waals surface area contributed by atoms with E-state index in [9.17, 15) is 0 Å². The molecule has 0 saturated heterocycles. The van der Waals surface area contributed by atoms with Crippen molar-refractivity contribution in [3.63, 3.8) is 0 Å². The zero-order valence-electron chi connectivity index (χ0n) is 9.91. The topological polar surface area (TPSA) is 50.9 Å². The number of hydrogen-bond donors (Lipinski definition) is 2. The largest absolute Gasteiger partial charge is 0.328 e. The summed E-state index contributed by atoms with van der Waals surface area (Å²) in [6, 6.07) is 1.08. The zero-order valence-corrected chi connectivity index (χ0v) is 10.7. The van der Waals surface area contributed by atoms with Crippen LogP contribution in [0.25, 0.3) is 0 Å². The lowest BCUT2D eigenvalue weighted by atomic mass is 9.92. The van der Waals surface area contributed by atoms with Crippen molar-refractivity contribution in [3.8, 4) is 0 Å². The molecule has 0 spiro atoms. The molecular weight excluding hydrogens is 218 g/mol. The number of nitrogens with two attached hydrogens (primary N) is 1. The minimum Gasteiger partial charge on any atom is -0.328 e. The van der Waals surface area contributed by atoms with Gasteiger partial charge in [-0.2, -0.15) is 0 Å². The Labute approximate surface area is 101 Å². The molecule has 1 saturated carbocycles. The number of nitrogens with one attached hydrogen (secondary N) is 1. The molecule has 4 heteroatoms. The molecular formula is C12H21N3S. The molecule has 0 radical (unpaired) electrons. The first kappa shape index (κ1) is 12.0. The van der Waals surface area contributed by atoms with Gasteiger partial charge in [0.05, 0.1) is 10.7 Å². The summed E-state index contributed by atoms with van der Waals surface area (Å²) in [5, 5.41) is 6.99. The lowest BCUT2D eigenvalue weighted by Crippen LogP contribution is -2.37. The zero-order chi connectivity index (χ0) is 11.4. The second kappa shape index (κ2) is 5.75. The van der Waals surface area contributed by atoms with Crippen molar-refractivity contribution in [1.82, 2.24) is 10.3 Å². The van der Waals surface area contributed by atoms with Crippen LogP contribution in [0.15, 0.2) is 5.38 Å². The van der Waals surface area contributed by atoms with Gasteiger partial charge in [0.2, 0.25) is 0 Å². The Bertz CT molecular complexity index is 316. The highest BCUT2D eigenvalue weighted by molar-refractivity contribution is 7.09. The minimum absolute atomic E-state index is 0.434. The van der Waals surface area contributed by atoms with Gasteiger partial charge in [-0.05, 0) is 32.1 Å². The summed E-state index contributed by atoms with van der Waals surface area (Å²) in [7, 11) is 0. The summed E-state index contributed by atoms with van der Waals surface area (Å²) < 4.78 is 0. The van der Waals surface area contributed by atoms with E-state index in [0.717, 1.165) is 25.8 Å². The molecule has 0 atom stereocenters. The maximum Gasteiger partial charge on any atom is 0.0926 e. The second-order valence-electron chi connectivity index (χ2n) is 4.58. The third-order valence-electron chi connectivity index (χ3n) is 3.25. The van der Waals surface area contributed by atoms with Crippen LogP contribution in [0, 0.1) is 0 Å². The Kier molecular flexibility index (Phi) is 4.32. The quantitative estimate of drug-likeness (QED) is 0.845. The molecule has 1 aromatic rings. The van der Waals surface area contributed by atoms with E-state index in [-0.39, 0.29) is 0 Å². The van der Waals surface area contributed by atoms with Crippen LogP contribution in [0.3, 0.4) is 0 Å². The molecule has 0 bridgehead atoms. The second-order valence-corrected chi connectivity index (χ2v) is 5.52. The summed E-state index contributed by atoms with van der Waals surface area (Å²) >= 11 is 1.77. The van der Waals surface area contributed by atoms with Crippen molar-refractivity contribution in [3.05, 3.63) is 16.1 Å². The van der Waals surface area contributed by atoms with Gasteiger partial charge in [0.25, 0.3) is 0 Å². The molecule has 0 aliphatic heterocycles. The van der Waals surface area contributed by atoms with Gasteiger partial charge in [-0.3, -0.25) is 0 Å². The van der Waals surface area contributed by atoms with Crippen molar-refractivity contribution in [1.29, 1.82) is 0 Å². The fraction of sp³-hybridized carbons (Fsp3) is 0.750. The molecule has 0 amide bonds. The smallest absolute Gasteiger partial charge is 0.0926 e. The van der Waals surface area contributed by atoms with Crippen LogP contribution in [-0.4, -0.2) is 17.1 Å². The Morgan fingerprint density at radius 1 is 1.44 bits per heavy atom. The fourth-order valence-corrected chi connectivity index (χ4v) is 2.91. The highest BCUT2D eigenvalue weighted by atomic mass is 32.1. The predicted molar refractivity (Wildman–Crippen MR) is 68.6 cm³/mol. The van der Waals surface area contributed by atoms with Gasteiger partial charge in [0.15, 0.2) is 0 Å². The van der Waals surface area contributed by atoms with Crippen LogP contribution in [0.2, 0.25) is 0 Å². The molecule has 3 nitrogen and oxygen atoms in total. The molecule has 2 rings (SSSR count). The normalized spacial score (nSPS) is 25.9. The lowest BCUT2D eigenvalue weighted by molar-refractivity contribution is 0.341. The summed E-state index contributed by atoms with van der Waals surface area (Å²) in [6.07, 6.45) is 5.80. The monoisotopic (exact) mass is 239 g/mol. The molecule has 3 N–H and O–H groups in total. The number of aromatic nitrogens is 1. The standard InChI is InChI=1S/C12H21N3S/c1-2-12-15-11(8-16-12)7-14-10-5-3-9(13)4-6-10/h8-10,14H,2-7,13H2,1H3. The predicted octanol–water partition coefficient (Wildman–Crippen LogP) is 2.06. The SMILES string of the molecule is CCc1nc(CNC2CCC(N)CC2)cs1. The van der Waals surface area contributed by atoms with Gasteiger partial charge >= 0.3 is 0 Å². The molecule has 1 aliphatic rings. The molecule has 1 aromatic heterocycles.